The number of hydrogen-bond acceptors (Lipinski definition) is 4. The Hall–Kier alpha value is -1.30. The van der Waals surface area contributed by atoms with Crippen LogP contribution in [0.15, 0.2) is 10.1 Å². The molecule has 6 heteroatoms. The molecule has 5 nitrogen and oxygen atoms in total. The van der Waals surface area contributed by atoms with Gasteiger partial charge in [-0.3, -0.25) is 9.89 Å². The maximum Gasteiger partial charge on any atom is 0.312 e. The predicted octanol–water partition coefficient (Wildman–Crippen LogP) is 8.87. The molecule has 41 heavy (non-hydrogen) atoms. The van der Waals surface area contributed by atoms with Crippen LogP contribution in [-0.2, 0) is 21.4 Å². The van der Waals surface area contributed by atoms with Crippen molar-refractivity contribution in [2.24, 2.45) is 44.8 Å². The zero-order valence-electron chi connectivity index (χ0n) is 26.9. The number of hydrogen-bond donors (Lipinski definition) is 2. The highest BCUT2D eigenvalue weighted by Gasteiger charge is 2.70. The van der Waals surface area contributed by atoms with Crippen LogP contribution in [0.3, 0.4) is 0 Å². The van der Waals surface area contributed by atoms with Gasteiger partial charge in [-0.05, 0) is 114 Å². The van der Waals surface area contributed by atoms with E-state index in [0.717, 1.165) is 57.8 Å². The van der Waals surface area contributed by atoms with Crippen molar-refractivity contribution in [1.82, 2.24) is 10.2 Å². The number of allylic oxidation sites excluding steroid dienone is 2. The summed E-state index contributed by atoms with van der Waals surface area (Å²) in [6, 6.07) is 0. The van der Waals surface area contributed by atoms with E-state index in [-0.39, 0.29) is 44.4 Å². The number of esters is 1. The first-order valence-electron chi connectivity index (χ1n) is 16.5. The molecule has 0 bridgehead atoms. The monoisotopic (exact) mass is 627 g/mol. The van der Waals surface area contributed by atoms with Gasteiger partial charge in [-0.15, -0.1) is 0 Å². The maximum atomic E-state index is 14.0. The van der Waals surface area contributed by atoms with Gasteiger partial charge in [-0.2, -0.15) is 5.10 Å². The molecule has 1 heterocycles. The molecule has 0 aliphatic heterocycles. The number of nitrogens with one attached hydrogen (secondary N) is 1. The summed E-state index contributed by atoms with van der Waals surface area (Å²) in [5.74, 6) is 2.11. The number of carbonyl (C=O) groups is 1. The third-order valence-corrected chi connectivity index (χ3v) is 14.8. The molecule has 3 N–H and O–H groups in total. The molecular formula is C35H54BrN3O2. The predicted molar refractivity (Wildman–Crippen MR) is 169 cm³/mol. The fourth-order valence-corrected chi connectivity index (χ4v) is 12.6. The van der Waals surface area contributed by atoms with Gasteiger partial charge in [0.15, 0.2) is 0 Å². The van der Waals surface area contributed by atoms with Gasteiger partial charge in [0.05, 0.1) is 12.0 Å². The highest BCUT2D eigenvalue weighted by molar-refractivity contribution is 9.11. The standard InChI is InChI=1S/C35H54BrN3O2/c1-9-10-17-41-29(40)35-15-13-30(2,3)20-22(35)26-23(36)18-25-32(6)19-21-27(38-39-28(21)37)31(4,5)24(32)11-12-33(25,7)34(26,8)14-16-35/h22,24-25H,9-20H2,1-8H3,(H3,37,38,39)/t22-,24-,25?,32-,33+,34+,35-/m0/s1. The van der Waals surface area contributed by atoms with Crippen LogP contribution in [0.2, 0.25) is 0 Å². The van der Waals surface area contributed by atoms with Gasteiger partial charge >= 0.3 is 5.97 Å². The molecule has 6 rings (SSSR count). The number of H-pyrrole nitrogens is 1. The first kappa shape index (κ1) is 29.8. The second kappa shape index (κ2) is 9.35. The Morgan fingerprint density at radius 2 is 1.76 bits per heavy atom. The number of nitrogens with two attached hydrogens (primary N) is 1. The second-order valence-electron chi connectivity index (χ2n) is 16.8. The van der Waals surface area contributed by atoms with Crippen molar-refractivity contribution in [3.05, 3.63) is 21.3 Å². The van der Waals surface area contributed by atoms with Crippen LogP contribution in [0.1, 0.15) is 131 Å². The number of ether oxygens (including phenoxy) is 1. The minimum Gasteiger partial charge on any atom is -0.465 e. The lowest BCUT2D eigenvalue weighted by atomic mass is 9.33. The smallest absolute Gasteiger partial charge is 0.312 e. The number of aromatic nitrogens is 2. The first-order valence-corrected chi connectivity index (χ1v) is 17.3. The van der Waals surface area contributed by atoms with E-state index in [2.05, 4.69) is 81.5 Å². The zero-order valence-corrected chi connectivity index (χ0v) is 28.5. The summed E-state index contributed by atoms with van der Waals surface area (Å²) < 4.78 is 7.47. The molecule has 5 aliphatic carbocycles. The van der Waals surface area contributed by atoms with Crippen molar-refractivity contribution in [3.63, 3.8) is 0 Å². The fraction of sp³-hybridized carbons (Fsp3) is 0.829. The summed E-state index contributed by atoms with van der Waals surface area (Å²) in [5, 5.41) is 7.84. The Morgan fingerprint density at radius 3 is 2.46 bits per heavy atom. The van der Waals surface area contributed by atoms with E-state index in [1.165, 1.54) is 28.6 Å². The maximum absolute atomic E-state index is 14.0. The number of fused-ring (bicyclic) bond motifs is 8. The lowest BCUT2D eigenvalue weighted by Gasteiger charge is -2.71. The van der Waals surface area contributed by atoms with E-state index in [0.29, 0.717) is 24.3 Å². The van der Waals surface area contributed by atoms with Gasteiger partial charge in [-0.25, -0.2) is 0 Å². The van der Waals surface area contributed by atoms with E-state index < -0.39 is 0 Å². The quantitative estimate of drug-likeness (QED) is 0.258. The largest absolute Gasteiger partial charge is 0.465 e. The Kier molecular flexibility index (Phi) is 6.79. The Balaban J connectivity index is 1.46. The van der Waals surface area contributed by atoms with Crippen LogP contribution in [0, 0.1) is 44.8 Å². The first-order chi connectivity index (χ1) is 19.1. The van der Waals surface area contributed by atoms with Crippen molar-refractivity contribution in [1.29, 1.82) is 0 Å². The van der Waals surface area contributed by atoms with Crippen LogP contribution in [0.25, 0.3) is 0 Å². The molecule has 0 aromatic carbocycles. The van der Waals surface area contributed by atoms with Crippen LogP contribution in [0.4, 0.5) is 5.82 Å². The van der Waals surface area contributed by atoms with Crippen LogP contribution in [-0.4, -0.2) is 22.8 Å². The van der Waals surface area contributed by atoms with Crippen molar-refractivity contribution < 1.29 is 9.53 Å². The molecule has 0 amide bonds. The summed E-state index contributed by atoms with van der Waals surface area (Å²) in [4.78, 5) is 14.0. The van der Waals surface area contributed by atoms with E-state index in [1.807, 2.05) is 0 Å². The van der Waals surface area contributed by atoms with Crippen LogP contribution >= 0.6 is 15.9 Å². The molecule has 0 spiro atoms. The summed E-state index contributed by atoms with van der Waals surface area (Å²) in [6.07, 6.45) is 11.6. The number of nitrogen functional groups attached to an aromatic ring is 1. The van der Waals surface area contributed by atoms with Crippen molar-refractivity contribution in [3.8, 4) is 0 Å². The SMILES string of the molecule is CCCCOC(=O)[C@]12CCC(C)(C)C[C@H]1C1=C(Br)CC3[C@@]4(C)Cc5c(N)n[nH]c5C(C)(C)[C@@H]4CC[C@@]3(C)[C@]1(C)CC2. The average Bonchev–Trinajstić information content (AvgIpc) is 3.25. The number of rotatable bonds is 4. The molecule has 1 aromatic heterocycles. The molecule has 0 radical (unpaired) electrons. The molecule has 3 saturated carbocycles. The van der Waals surface area contributed by atoms with Crippen molar-refractivity contribution in [2.45, 2.75) is 131 Å². The normalized spacial score (nSPS) is 42.3. The third-order valence-electron chi connectivity index (χ3n) is 14.0. The highest BCUT2D eigenvalue weighted by Crippen LogP contribution is 2.76. The van der Waals surface area contributed by atoms with E-state index in [9.17, 15) is 4.79 Å². The van der Waals surface area contributed by atoms with Crippen LogP contribution in [0.5, 0.6) is 0 Å². The summed E-state index contributed by atoms with van der Waals surface area (Å²) >= 11 is 4.28. The topological polar surface area (TPSA) is 81.0 Å². The molecule has 5 aliphatic rings. The minimum atomic E-state index is -0.381. The average molecular weight is 629 g/mol. The zero-order chi connectivity index (χ0) is 29.8. The van der Waals surface area contributed by atoms with Crippen molar-refractivity contribution >= 4 is 27.7 Å². The van der Waals surface area contributed by atoms with Gasteiger partial charge in [0.2, 0.25) is 0 Å². The number of halogens is 1. The molecule has 228 valence electrons. The van der Waals surface area contributed by atoms with Gasteiger partial charge in [0, 0.05) is 16.7 Å². The lowest BCUT2D eigenvalue weighted by Crippen LogP contribution is -2.65. The molecule has 0 saturated heterocycles. The molecule has 7 atom stereocenters. The molecule has 1 aromatic rings. The molecular weight excluding hydrogens is 574 g/mol. The summed E-state index contributed by atoms with van der Waals surface area (Å²) in [5.41, 5.74) is 10.7. The lowest BCUT2D eigenvalue weighted by molar-refractivity contribution is -0.181. The second-order valence-corrected chi connectivity index (χ2v) is 17.8. The number of unbranched alkanes of at least 4 members (excludes halogenated alkanes) is 1. The van der Waals surface area contributed by atoms with Gasteiger partial charge in [0.25, 0.3) is 0 Å². The number of carbonyl (C=O) groups excluding carboxylic acids is 1. The number of anilines is 1. The van der Waals surface area contributed by atoms with Gasteiger partial charge in [-0.1, -0.05) is 77.7 Å². The van der Waals surface area contributed by atoms with Gasteiger partial charge in [0.1, 0.15) is 5.82 Å². The molecule has 3 fully saturated rings. The fourth-order valence-electron chi connectivity index (χ4n) is 11.5. The summed E-state index contributed by atoms with van der Waals surface area (Å²) in [6.45, 7) is 20.2. The number of nitrogens with zero attached hydrogens (tertiary/aromatic N) is 1. The van der Waals surface area contributed by atoms with Crippen molar-refractivity contribution in [2.75, 3.05) is 12.3 Å². The molecule has 1 unspecified atom stereocenters. The van der Waals surface area contributed by atoms with E-state index in [4.69, 9.17) is 10.5 Å². The highest BCUT2D eigenvalue weighted by atomic mass is 79.9. The third kappa shape index (κ3) is 3.89. The van der Waals surface area contributed by atoms with E-state index >= 15 is 0 Å². The Morgan fingerprint density at radius 1 is 1.05 bits per heavy atom. The minimum absolute atomic E-state index is 0.00299. The van der Waals surface area contributed by atoms with E-state index in [1.54, 1.807) is 5.57 Å². The number of aromatic amines is 1. The Labute approximate surface area is 256 Å². The summed E-state index contributed by atoms with van der Waals surface area (Å²) in [7, 11) is 0. The Bertz CT molecular complexity index is 1280. The van der Waals surface area contributed by atoms with Gasteiger partial charge < -0.3 is 10.5 Å². The van der Waals surface area contributed by atoms with Crippen LogP contribution < -0.4 is 5.73 Å².